The first-order chi connectivity index (χ1) is 14.5. The molecule has 160 valence electrons. The molecule has 9 heteroatoms. The second kappa shape index (κ2) is 7.23. The van der Waals surface area contributed by atoms with E-state index in [1.165, 1.54) is 55.1 Å². The lowest BCUT2D eigenvalue weighted by atomic mass is 9.75. The molecule has 2 aliphatic rings. The predicted octanol–water partition coefficient (Wildman–Crippen LogP) is 1.26. The minimum Gasteiger partial charge on any atom is -0.348 e. The highest BCUT2D eigenvalue weighted by Crippen LogP contribution is 2.45. The lowest BCUT2D eigenvalue weighted by Gasteiger charge is -2.48. The SMILES string of the molecule is Cn1c(=O)c2c(ncn2CCCN2CCc3[nH]cnc3C23CCCCC3)n(C)c1=O. The summed E-state index contributed by atoms with van der Waals surface area (Å²) in [5, 5.41) is 0. The van der Waals surface area contributed by atoms with Crippen molar-refractivity contribution in [1.82, 2.24) is 33.6 Å². The molecule has 3 aromatic rings. The van der Waals surface area contributed by atoms with Crippen LogP contribution in [0.25, 0.3) is 11.2 Å². The van der Waals surface area contributed by atoms with E-state index in [9.17, 15) is 9.59 Å². The van der Waals surface area contributed by atoms with Gasteiger partial charge >= 0.3 is 5.69 Å². The molecular weight excluding hydrogens is 382 g/mol. The van der Waals surface area contributed by atoms with Gasteiger partial charge in [0.15, 0.2) is 11.2 Å². The third kappa shape index (κ3) is 2.79. The number of aromatic nitrogens is 6. The van der Waals surface area contributed by atoms with Crippen LogP contribution in [0.3, 0.4) is 0 Å². The van der Waals surface area contributed by atoms with Crippen molar-refractivity contribution in [2.45, 2.75) is 57.0 Å². The molecule has 0 aromatic carbocycles. The van der Waals surface area contributed by atoms with Crippen LogP contribution in [0.15, 0.2) is 22.2 Å². The molecule has 4 heterocycles. The van der Waals surface area contributed by atoms with Crippen LogP contribution < -0.4 is 11.2 Å². The summed E-state index contributed by atoms with van der Waals surface area (Å²) in [5.74, 6) is 0. The quantitative estimate of drug-likeness (QED) is 0.698. The summed E-state index contributed by atoms with van der Waals surface area (Å²) in [4.78, 5) is 39.9. The average molecular weight is 412 g/mol. The number of nitrogens with one attached hydrogen (secondary N) is 1. The van der Waals surface area contributed by atoms with E-state index < -0.39 is 0 Å². The van der Waals surface area contributed by atoms with E-state index in [1.54, 1.807) is 13.4 Å². The molecule has 30 heavy (non-hydrogen) atoms. The van der Waals surface area contributed by atoms with Gasteiger partial charge in [-0.05, 0) is 19.3 Å². The monoisotopic (exact) mass is 411 g/mol. The molecule has 1 aliphatic heterocycles. The van der Waals surface area contributed by atoms with Crippen LogP contribution >= 0.6 is 0 Å². The Labute approximate surface area is 174 Å². The van der Waals surface area contributed by atoms with E-state index in [4.69, 9.17) is 4.98 Å². The van der Waals surface area contributed by atoms with Crippen LogP contribution in [-0.4, -0.2) is 46.6 Å². The molecule has 1 fully saturated rings. The van der Waals surface area contributed by atoms with Crippen LogP contribution in [-0.2, 0) is 32.6 Å². The normalized spacial score (nSPS) is 18.9. The number of aromatic amines is 1. The highest BCUT2D eigenvalue weighted by molar-refractivity contribution is 5.69. The number of hydrogen-bond donors (Lipinski definition) is 1. The van der Waals surface area contributed by atoms with Gasteiger partial charge in [0.05, 0.1) is 23.9 Å². The topological polar surface area (TPSA) is 93.7 Å². The summed E-state index contributed by atoms with van der Waals surface area (Å²) in [6, 6.07) is 0. The zero-order valence-corrected chi connectivity index (χ0v) is 17.7. The first-order valence-corrected chi connectivity index (χ1v) is 10.9. The molecule has 1 saturated carbocycles. The van der Waals surface area contributed by atoms with Gasteiger partial charge in [-0.15, -0.1) is 0 Å². The maximum absolute atomic E-state index is 12.7. The second-order valence-corrected chi connectivity index (χ2v) is 8.73. The Morgan fingerprint density at radius 1 is 1.07 bits per heavy atom. The highest BCUT2D eigenvalue weighted by Gasteiger charge is 2.44. The molecule has 1 spiro atoms. The maximum Gasteiger partial charge on any atom is 0.332 e. The molecule has 3 aromatic heterocycles. The molecule has 9 nitrogen and oxygen atoms in total. The molecule has 0 bridgehead atoms. The smallest absolute Gasteiger partial charge is 0.332 e. The largest absolute Gasteiger partial charge is 0.348 e. The van der Waals surface area contributed by atoms with Crippen molar-refractivity contribution in [3.8, 4) is 0 Å². The third-order valence-electron chi connectivity index (χ3n) is 7.12. The Morgan fingerprint density at radius 2 is 1.87 bits per heavy atom. The van der Waals surface area contributed by atoms with Gasteiger partial charge in [-0.2, -0.15) is 0 Å². The number of hydrogen-bond acceptors (Lipinski definition) is 5. The molecule has 0 unspecified atom stereocenters. The van der Waals surface area contributed by atoms with Gasteiger partial charge < -0.3 is 9.55 Å². The van der Waals surface area contributed by atoms with Gasteiger partial charge in [-0.25, -0.2) is 14.8 Å². The summed E-state index contributed by atoms with van der Waals surface area (Å²) in [6.07, 6.45) is 11.6. The minimum absolute atomic E-state index is 0.0584. The molecule has 5 rings (SSSR count). The fourth-order valence-corrected chi connectivity index (χ4v) is 5.54. The highest BCUT2D eigenvalue weighted by atomic mass is 16.2. The van der Waals surface area contributed by atoms with E-state index >= 15 is 0 Å². The summed E-state index contributed by atoms with van der Waals surface area (Å²) < 4.78 is 4.49. The fourth-order valence-electron chi connectivity index (χ4n) is 5.54. The van der Waals surface area contributed by atoms with Crippen molar-refractivity contribution < 1.29 is 0 Å². The summed E-state index contributed by atoms with van der Waals surface area (Å²) in [7, 11) is 3.17. The van der Waals surface area contributed by atoms with Crippen molar-refractivity contribution in [1.29, 1.82) is 0 Å². The molecule has 0 amide bonds. The Kier molecular flexibility index (Phi) is 4.65. The molecule has 1 N–H and O–H groups in total. The number of H-pyrrole nitrogens is 1. The van der Waals surface area contributed by atoms with E-state index in [1.807, 2.05) is 10.9 Å². The number of rotatable bonds is 4. The first-order valence-electron chi connectivity index (χ1n) is 10.9. The van der Waals surface area contributed by atoms with Gasteiger partial charge in [-0.1, -0.05) is 19.3 Å². The van der Waals surface area contributed by atoms with Gasteiger partial charge in [0.25, 0.3) is 5.56 Å². The Bertz CT molecular complexity index is 1190. The minimum atomic E-state index is -0.347. The Balaban J connectivity index is 1.38. The Morgan fingerprint density at radius 3 is 2.67 bits per heavy atom. The maximum atomic E-state index is 12.7. The molecule has 0 radical (unpaired) electrons. The second-order valence-electron chi connectivity index (χ2n) is 8.73. The van der Waals surface area contributed by atoms with Crippen molar-refractivity contribution >= 4 is 11.2 Å². The standard InChI is InChI=1S/C21H29N7O2/c1-25-18-16(19(29)26(2)20(25)30)27(14-24-18)10-6-11-28-12-7-15-17(23-13-22-15)21(28)8-4-3-5-9-21/h13-14H,3-12H2,1-2H3,(H,22,23). The van der Waals surface area contributed by atoms with Gasteiger partial charge in [-0.3, -0.25) is 18.8 Å². The van der Waals surface area contributed by atoms with E-state index in [2.05, 4.69) is 14.9 Å². The molecule has 1 aliphatic carbocycles. The zero-order chi connectivity index (χ0) is 20.9. The zero-order valence-electron chi connectivity index (χ0n) is 17.7. The van der Waals surface area contributed by atoms with Crippen molar-refractivity contribution in [3.05, 3.63) is 44.9 Å². The molecule has 0 atom stereocenters. The summed E-state index contributed by atoms with van der Waals surface area (Å²) >= 11 is 0. The number of imidazole rings is 2. The van der Waals surface area contributed by atoms with Crippen molar-refractivity contribution in [2.24, 2.45) is 14.1 Å². The van der Waals surface area contributed by atoms with Gasteiger partial charge in [0.2, 0.25) is 0 Å². The number of nitrogens with zero attached hydrogens (tertiary/aromatic N) is 6. The van der Waals surface area contributed by atoms with Gasteiger partial charge in [0.1, 0.15) is 0 Å². The Hall–Kier alpha value is -2.68. The lowest BCUT2D eigenvalue weighted by molar-refractivity contribution is 0.0309. The van der Waals surface area contributed by atoms with Crippen LogP contribution in [0.4, 0.5) is 0 Å². The van der Waals surface area contributed by atoms with Crippen LogP contribution in [0.1, 0.15) is 49.9 Å². The number of fused-ring (bicyclic) bond motifs is 3. The van der Waals surface area contributed by atoms with Crippen molar-refractivity contribution in [3.63, 3.8) is 0 Å². The van der Waals surface area contributed by atoms with E-state index in [0.717, 1.165) is 30.5 Å². The summed E-state index contributed by atoms with van der Waals surface area (Å²) in [5.41, 5.74) is 2.94. The average Bonchev–Trinajstić information content (AvgIpc) is 3.41. The fraction of sp³-hybridized carbons (Fsp3) is 0.619. The first kappa shape index (κ1) is 19.3. The van der Waals surface area contributed by atoms with Crippen molar-refractivity contribution in [2.75, 3.05) is 13.1 Å². The predicted molar refractivity (Wildman–Crippen MR) is 113 cm³/mol. The molecule has 0 saturated heterocycles. The lowest BCUT2D eigenvalue weighted by Crippen LogP contribution is -2.52. The van der Waals surface area contributed by atoms with Crippen LogP contribution in [0.2, 0.25) is 0 Å². The van der Waals surface area contributed by atoms with Crippen LogP contribution in [0, 0.1) is 0 Å². The van der Waals surface area contributed by atoms with E-state index in [0.29, 0.717) is 17.7 Å². The molecular formula is C21H29N7O2. The van der Waals surface area contributed by atoms with E-state index in [-0.39, 0.29) is 16.8 Å². The number of aryl methyl sites for hydroxylation is 2. The van der Waals surface area contributed by atoms with Gasteiger partial charge in [0, 0.05) is 45.8 Å². The summed E-state index contributed by atoms with van der Waals surface area (Å²) in [6.45, 7) is 2.69. The third-order valence-corrected chi connectivity index (χ3v) is 7.12. The van der Waals surface area contributed by atoms with Crippen LogP contribution in [0.5, 0.6) is 0 Å².